The van der Waals surface area contributed by atoms with Crippen molar-refractivity contribution in [1.29, 1.82) is 0 Å². The summed E-state index contributed by atoms with van der Waals surface area (Å²) in [7, 11) is 0. The Morgan fingerprint density at radius 2 is 2.09 bits per heavy atom. The molecule has 1 aliphatic rings. The van der Waals surface area contributed by atoms with E-state index in [1.807, 2.05) is 25.1 Å². The van der Waals surface area contributed by atoms with Gasteiger partial charge in [-0.3, -0.25) is 4.79 Å². The van der Waals surface area contributed by atoms with E-state index in [1.165, 1.54) is 19.2 Å². The molecule has 3 rings (SSSR count). The van der Waals surface area contributed by atoms with Crippen molar-refractivity contribution in [3.63, 3.8) is 0 Å². The Labute approximate surface area is 138 Å². The van der Waals surface area contributed by atoms with Crippen LogP contribution in [0.3, 0.4) is 0 Å². The maximum atomic E-state index is 12.3. The molecule has 0 spiro atoms. The Kier molecular flexibility index (Phi) is 4.57. The van der Waals surface area contributed by atoms with Crippen LogP contribution < -0.4 is 10.6 Å². The van der Waals surface area contributed by atoms with Crippen LogP contribution in [0.15, 0.2) is 29.0 Å². The summed E-state index contributed by atoms with van der Waals surface area (Å²) in [5.41, 5.74) is 0.851. The number of carbonyl (C=O) groups is 1. The van der Waals surface area contributed by atoms with E-state index in [9.17, 15) is 4.79 Å². The smallest absolute Gasteiger partial charge is 0.242 e. The monoisotopic (exact) mass is 362 g/mol. The Bertz CT molecular complexity index is 685. The number of nitrogens with zero attached hydrogens (tertiary/aromatic N) is 2. The van der Waals surface area contributed by atoms with Crippen molar-refractivity contribution in [2.24, 2.45) is 0 Å². The third-order valence-corrected chi connectivity index (χ3v) is 4.54. The number of hydrogen-bond donors (Lipinski definition) is 2. The third kappa shape index (κ3) is 3.38. The quantitative estimate of drug-likeness (QED) is 0.875. The summed E-state index contributed by atoms with van der Waals surface area (Å²) in [4.78, 5) is 20.8. The van der Waals surface area contributed by atoms with Crippen molar-refractivity contribution in [3.8, 4) is 0 Å². The highest BCUT2D eigenvalue weighted by Gasteiger charge is 2.21. The summed E-state index contributed by atoms with van der Waals surface area (Å²) in [6.45, 7) is 1.86. The predicted molar refractivity (Wildman–Crippen MR) is 90.7 cm³/mol. The van der Waals surface area contributed by atoms with Crippen LogP contribution in [-0.4, -0.2) is 28.0 Å². The standard InChI is InChI=1S/C16H19BrN4O/c1-10(16(22)21-12-4-2-3-5-12)20-15-13-8-11(17)6-7-14(13)18-9-19-15/h6-10,12H,2-5H2,1H3,(H,21,22)(H,18,19,20)/t10-/m0/s1. The lowest BCUT2D eigenvalue weighted by atomic mass is 10.2. The zero-order valence-electron chi connectivity index (χ0n) is 12.5. The normalized spacial score (nSPS) is 16.6. The first kappa shape index (κ1) is 15.2. The van der Waals surface area contributed by atoms with Gasteiger partial charge in [-0.25, -0.2) is 9.97 Å². The number of amides is 1. The molecule has 1 amide bonds. The Balaban J connectivity index is 1.74. The Morgan fingerprint density at radius 1 is 1.32 bits per heavy atom. The fourth-order valence-corrected chi connectivity index (χ4v) is 3.17. The van der Waals surface area contributed by atoms with Crippen molar-refractivity contribution in [1.82, 2.24) is 15.3 Å². The highest BCUT2D eigenvalue weighted by Crippen LogP contribution is 2.24. The third-order valence-electron chi connectivity index (χ3n) is 4.05. The molecular weight excluding hydrogens is 344 g/mol. The summed E-state index contributed by atoms with van der Waals surface area (Å²) >= 11 is 3.46. The van der Waals surface area contributed by atoms with Crippen molar-refractivity contribution >= 4 is 38.6 Å². The van der Waals surface area contributed by atoms with Crippen LogP contribution in [0, 0.1) is 0 Å². The molecule has 5 nitrogen and oxygen atoms in total. The lowest BCUT2D eigenvalue weighted by Crippen LogP contribution is -2.42. The molecule has 1 heterocycles. The van der Waals surface area contributed by atoms with E-state index in [0.29, 0.717) is 11.9 Å². The van der Waals surface area contributed by atoms with Gasteiger partial charge >= 0.3 is 0 Å². The number of anilines is 1. The number of rotatable bonds is 4. The fourth-order valence-electron chi connectivity index (χ4n) is 2.81. The number of fused-ring (bicyclic) bond motifs is 1. The van der Waals surface area contributed by atoms with Gasteiger partial charge < -0.3 is 10.6 Å². The topological polar surface area (TPSA) is 66.9 Å². The van der Waals surface area contributed by atoms with E-state index >= 15 is 0 Å². The molecule has 22 heavy (non-hydrogen) atoms. The fraction of sp³-hybridized carbons (Fsp3) is 0.438. The number of benzene rings is 1. The first-order chi connectivity index (χ1) is 10.6. The summed E-state index contributed by atoms with van der Waals surface area (Å²) in [5, 5.41) is 7.21. The largest absolute Gasteiger partial charge is 0.358 e. The van der Waals surface area contributed by atoms with Crippen molar-refractivity contribution in [2.75, 3.05) is 5.32 Å². The minimum Gasteiger partial charge on any atom is -0.358 e. The second-order valence-electron chi connectivity index (χ2n) is 5.74. The van der Waals surface area contributed by atoms with Crippen LogP contribution in [0.25, 0.3) is 10.9 Å². The van der Waals surface area contributed by atoms with Gasteiger partial charge in [-0.2, -0.15) is 0 Å². The first-order valence-corrected chi connectivity index (χ1v) is 8.40. The summed E-state index contributed by atoms with van der Waals surface area (Å²) < 4.78 is 0.959. The van der Waals surface area contributed by atoms with Crippen LogP contribution in [-0.2, 0) is 4.79 Å². The summed E-state index contributed by atoms with van der Waals surface area (Å²) in [6.07, 6.45) is 6.10. The lowest BCUT2D eigenvalue weighted by Gasteiger charge is -2.18. The molecular formula is C16H19BrN4O. The van der Waals surface area contributed by atoms with Gasteiger partial charge in [-0.15, -0.1) is 0 Å². The molecule has 1 atom stereocenters. The van der Waals surface area contributed by atoms with Gasteiger partial charge in [0.25, 0.3) is 0 Å². The van der Waals surface area contributed by atoms with E-state index in [0.717, 1.165) is 28.2 Å². The second-order valence-corrected chi connectivity index (χ2v) is 6.66. The van der Waals surface area contributed by atoms with E-state index < -0.39 is 0 Å². The van der Waals surface area contributed by atoms with E-state index in [2.05, 4.69) is 36.5 Å². The molecule has 116 valence electrons. The minimum atomic E-state index is -0.335. The molecule has 6 heteroatoms. The summed E-state index contributed by atoms with van der Waals surface area (Å²) in [5.74, 6) is 0.703. The molecule has 1 aromatic heterocycles. The average molecular weight is 363 g/mol. The zero-order chi connectivity index (χ0) is 15.5. The Hall–Kier alpha value is -1.69. The van der Waals surface area contributed by atoms with Crippen LogP contribution >= 0.6 is 15.9 Å². The molecule has 1 saturated carbocycles. The average Bonchev–Trinajstić information content (AvgIpc) is 3.00. The summed E-state index contributed by atoms with van der Waals surface area (Å²) in [6, 6.07) is 5.81. The molecule has 0 aliphatic heterocycles. The van der Waals surface area contributed by atoms with Gasteiger partial charge in [0, 0.05) is 15.9 Å². The van der Waals surface area contributed by atoms with Gasteiger partial charge in [0.1, 0.15) is 18.2 Å². The molecule has 2 aromatic rings. The molecule has 0 bridgehead atoms. The SMILES string of the molecule is C[C@H](Nc1ncnc2ccc(Br)cc12)C(=O)NC1CCCC1. The molecule has 2 N–H and O–H groups in total. The molecule has 0 saturated heterocycles. The number of hydrogen-bond acceptors (Lipinski definition) is 4. The van der Waals surface area contributed by atoms with Crippen molar-refractivity contribution < 1.29 is 4.79 Å². The Morgan fingerprint density at radius 3 is 2.86 bits per heavy atom. The van der Waals surface area contributed by atoms with E-state index in [1.54, 1.807) is 0 Å². The second kappa shape index (κ2) is 6.60. The maximum absolute atomic E-state index is 12.3. The van der Waals surface area contributed by atoms with Crippen LogP contribution in [0.2, 0.25) is 0 Å². The first-order valence-electron chi connectivity index (χ1n) is 7.60. The number of halogens is 1. The number of carbonyl (C=O) groups excluding carboxylic acids is 1. The number of nitrogens with one attached hydrogen (secondary N) is 2. The highest BCUT2D eigenvalue weighted by atomic mass is 79.9. The molecule has 1 aliphatic carbocycles. The minimum absolute atomic E-state index is 0.0219. The highest BCUT2D eigenvalue weighted by molar-refractivity contribution is 9.10. The van der Waals surface area contributed by atoms with Gasteiger partial charge in [0.05, 0.1) is 5.52 Å². The number of aromatic nitrogens is 2. The predicted octanol–water partition coefficient (Wildman–Crippen LogP) is 3.25. The molecule has 0 radical (unpaired) electrons. The van der Waals surface area contributed by atoms with Crippen molar-refractivity contribution in [2.45, 2.75) is 44.7 Å². The van der Waals surface area contributed by atoms with E-state index in [-0.39, 0.29) is 11.9 Å². The van der Waals surface area contributed by atoms with Crippen LogP contribution in [0.5, 0.6) is 0 Å². The molecule has 1 fully saturated rings. The van der Waals surface area contributed by atoms with Gasteiger partial charge in [-0.1, -0.05) is 28.8 Å². The molecule has 1 aromatic carbocycles. The lowest BCUT2D eigenvalue weighted by molar-refractivity contribution is -0.122. The zero-order valence-corrected chi connectivity index (χ0v) is 14.1. The van der Waals surface area contributed by atoms with E-state index in [4.69, 9.17) is 0 Å². The van der Waals surface area contributed by atoms with Gasteiger partial charge in [0.15, 0.2) is 0 Å². The van der Waals surface area contributed by atoms with Crippen molar-refractivity contribution in [3.05, 3.63) is 29.0 Å². The van der Waals surface area contributed by atoms with Crippen LogP contribution in [0.1, 0.15) is 32.6 Å². The van der Waals surface area contributed by atoms with Gasteiger partial charge in [-0.05, 0) is 38.0 Å². The molecule has 0 unspecified atom stereocenters. The van der Waals surface area contributed by atoms with Crippen LogP contribution in [0.4, 0.5) is 5.82 Å². The van der Waals surface area contributed by atoms with Gasteiger partial charge in [0.2, 0.25) is 5.91 Å². The maximum Gasteiger partial charge on any atom is 0.242 e.